The summed E-state index contributed by atoms with van der Waals surface area (Å²) in [7, 11) is 1.54. The van der Waals surface area contributed by atoms with Crippen molar-refractivity contribution in [3.63, 3.8) is 0 Å². The van der Waals surface area contributed by atoms with Gasteiger partial charge in [-0.05, 0) is 52.9 Å². The highest BCUT2D eigenvalue weighted by Gasteiger charge is 2.07. The molecule has 1 aromatic carbocycles. The van der Waals surface area contributed by atoms with Gasteiger partial charge in [-0.15, -0.1) is 24.0 Å². The van der Waals surface area contributed by atoms with E-state index in [9.17, 15) is 5.11 Å². The Balaban J connectivity index is 0.00000312. The molecular formula is C18H26IN3O2S. The van der Waals surface area contributed by atoms with E-state index in [1.165, 1.54) is 12.7 Å². The molecule has 1 atom stereocenters. The summed E-state index contributed by atoms with van der Waals surface area (Å²) in [6.07, 6.45) is 0. The number of methoxy groups -OCH3 is 1. The maximum absolute atomic E-state index is 9.84. The molecule has 0 amide bonds. The number of nitrogens with zero attached hydrogens (tertiary/aromatic N) is 1. The van der Waals surface area contributed by atoms with Crippen molar-refractivity contribution in [2.75, 3.05) is 20.2 Å². The van der Waals surface area contributed by atoms with E-state index >= 15 is 0 Å². The molecule has 3 N–H and O–H groups in total. The van der Waals surface area contributed by atoms with Crippen LogP contribution in [0.25, 0.3) is 0 Å². The van der Waals surface area contributed by atoms with Gasteiger partial charge in [-0.2, -0.15) is 11.3 Å². The summed E-state index contributed by atoms with van der Waals surface area (Å²) in [5, 5.41) is 20.7. The Labute approximate surface area is 170 Å². The number of phenolic OH excluding ortho intramolecular Hbond substituents is 1. The number of rotatable bonds is 7. The van der Waals surface area contributed by atoms with Crippen molar-refractivity contribution in [3.8, 4) is 11.5 Å². The van der Waals surface area contributed by atoms with Crippen LogP contribution in [0, 0.1) is 0 Å². The molecule has 0 spiro atoms. The fraction of sp³-hybridized carbons (Fsp3) is 0.389. The second-order valence-electron chi connectivity index (χ2n) is 5.54. The zero-order valence-corrected chi connectivity index (χ0v) is 17.9. The van der Waals surface area contributed by atoms with Gasteiger partial charge in [0.1, 0.15) is 0 Å². The van der Waals surface area contributed by atoms with Gasteiger partial charge in [0.15, 0.2) is 17.5 Å². The largest absolute Gasteiger partial charge is 0.504 e. The van der Waals surface area contributed by atoms with Gasteiger partial charge in [0, 0.05) is 13.1 Å². The minimum absolute atomic E-state index is 0. The van der Waals surface area contributed by atoms with Gasteiger partial charge < -0.3 is 20.5 Å². The van der Waals surface area contributed by atoms with Gasteiger partial charge in [-0.1, -0.05) is 13.0 Å². The van der Waals surface area contributed by atoms with Gasteiger partial charge in [-0.25, -0.2) is 4.99 Å². The lowest BCUT2D eigenvalue weighted by atomic mass is 10.1. The molecule has 1 unspecified atom stereocenters. The molecule has 0 saturated heterocycles. The Morgan fingerprint density at radius 1 is 1.32 bits per heavy atom. The monoisotopic (exact) mass is 475 g/mol. The number of benzene rings is 1. The van der Waals surface area contributed by atoms with Crippen molar-refractivity contribution in [3.05, 3.63) is 46.2 Å². The number of hydrogen-bond donors (Lipinski definition) is 3. The first kappa shape index (κ1) is 21.6. The van der Waals surface area contributed by atoms with Gasteiger partial charge in [0.05, 0.1) is 13.7 Å². The van der Waals surface area contributed by atoms with Crippen LogP contribution >= 0.6 is 35.3 Å². The number of nitrogens with one attached hydrogen (secondary N) is 2. The molecule has 7 heteroatoms. The minimum Gasteiger partial charge on any atom is -0.504 e. The maximum atomic E-state index is 9.84. The van der Waals surface area contributed by atoms with E-state index in [4.69, 9.17) is 4.74 Å². The minimum atomic E-state index is 0. The number of aliphatic imine (C=N–C) groups is 1. The van der Waals surface area contributed by atoms with Crippen LogP contribution in [0.5, 0.6) is 11.5 Å². The van der Waals surface area contributed by atoms with Gasteiger partial charge >= 0.3 is 0 Å². The third-order valence-corrected chi connectivity index (χ3v) is 4.40. The van der Waals surface area contributed by atoms with Crippen LogP contribution in [0.1, 0.15) is 30.9 Å². The first-order valence-corrected chi connectivity index (χ1v) is 8.98. The van der Waals surface area contributed by atoms with Crippen molar-refractivity contribution in [2.24, 2.45) is 4.99 Å². The third-order valence-electron chi connectivity index (χ3n) is 3.70. The lowest BCUT2D eigenvalue weighted by Crippen LogP contribution is -2.39. The molecule has 0 aliphatic rings. The summed E-state index contributed by atoms with van der Waals surface area (Å²) < 4.78 is 5.05. The summed E-state index contributed by atoms with van der Waals surface area (Å²) >= 11 is 1.72. The molecule has 0 fully saturated rings. The van der Waals surface area contributed by atoms with E-state index in [-0.39, 0.29) is 29.7 Å². The second-order valence-corrected chi connectivity index (χ2v) is 6.32. The lowest BCUT2D eigenvalue weighted by Gasteiger charge is -2.15. The number of aromatic hydroxyl groups is 1. The average molecular weight is 475 g/mol. The molecule has 5 nitrogen and oxygen atoms in total. The van der Waals surface area contributed by atoms with E-state index in [1.54, 1.807) is 23.5 Å². The first-order valence-electron chi connectivity index (χ1n) is 8.04. The van der Waals surface area contributed by atoms with Crippen LogP contribution in [0.2, 0.25) is 0 Å². The number of guanidine groups is 1. The van der Waals surface area contributed by atoms with E-state index in [2.05, 4.69) is 39.4 Å². The van der Waals surface area contributed by atoms with Crippen LogP contribution in [0.3, 0.4) is 0 Å². The topological polar surface area (TPSA) is 65.9 Å². The van der Waals surface area contributed by atoms with Gasteiger partial charge in [0.2, 0.25) is 0 Å². The highest BCUT2D eigenvalue weighted by Crippen LogP contribution is 2.26. The van der Waals surface area contributed by atoms with Crippen molar-refractivity contribution in [1.29, 1.82) is 0 Å². The average Bonchev–Trinajstić information content (AvgIpc) is 3.12. The fourth-order valence-corrected chi connectivity index (χ4v) is 3.05. The van der Waals surface area contributed by atoms with E-state index in [0.717, 1.165) is 24.6 Å². The Bertz CT molecular complexity index is 662. The highest BCUT2D eigenvalue weighted by atomic mass is 127. The molecule has 25 heavy (non-hydrogen) atoms. The number of ether oxygens (including phenoxy) is 1. The third kappa shape index (κ3) is 6.74. The van der Waals surface area contributed by atoms with Crippen LogP contribution in [-0.4, -0.2) is 31.3 Å². The molecule has 1 aromatic heterocycles. The molecule has 0 aliphatic carbocycles. The van der Waals surface area contributed by atoms with Gasteiger partial charge in [0.25, 0.3) is 0 Å². The summed E-state index contributed by atoms with van der Waals surface area (Å²) in [6, 6.07) is 7.49. The molecule has 2 aromatic rings. The van der Waals surface area contributed by atoms with Crippen molar-refractivity contribution in [1.82, 2.24) is 10.6 Å². The zero-order chi connectivity index (χ0) is 17.4. The molecular weight excluding hydrogens is 449 g/mol. The smallest absolute Gasteiger partial charge is 0.191 e. The molecule has 138 valence electrons. The summed E-state index contributed by atoms with van der Waals surface area (Å²) in [5.41, 5.74) is 2.26. The molecule has 1 heterocycles. The highest BCUT2D eigenvalue weighted by molar-refractivity contribution is 14.0. The standard InChI is InChI=1S/C18H25N3O2S.HI/c1-4-19-18(20-10-13(2)15-7-8-24-12-15)21-11-14-5-6-17(23-3)16(22)9-14;/h5-9,12-13,22H,4,10-11H2,1-3H3,(H2,19,20,21);1H. The Kier molecular flexibility index (Phi) is 9.66. The Hall–Kier alpha value is -1.48. The normalized spacial score (nSPS) is 12.2. The van der Waals surface area contributed by atoms with Crippen LogP contribution in [0.15, 0.2) is 40.0 Å². The Morgan fingerprint density at radius 3 is 2.72 bits per heavy atom. The molecule has 0 radical (unpaired) electrons. The van der Waals surface area contributed by atoms with Crippen LogP contribution in [0.4, 0.5) is 0 Å². The molecule has 0 aliphatic heterocycles. The van der Waals surface area contributed by atoms with E-state index in [1.807, 2.05) is 13.0 Å². The number of halogens is 1. The number of thiophene rings is 1. The maximum Gasteiger partial charge on any atom is 0.191 e. The lowest BCUT2D eigenvalue weighted by molar-refractivity contribution is 0.373. The van der Waals surface area contributed by atoms with Gasteiger partial charge in [-0.3, -0.25) is 0 Å². The quantitative estimate of drug-likeness (QED) is 0.323. The molecule has 0 saturated carbocycles. The summed E-state index contributed by atoms with van der Waals surface area (Å²) in [5.74, 6) is 1.80. The van der Waals surface area contributed by atoms with Crippen LogP contribution in [-0.2, 0) is 6.54 Å². The van der Waals surface area contributed by atoms with E-state index in [0.29, 0.717) is 18.2 Å². The van der Waals surface area contributed by atoms with Crippen molar-refractivity contribution in [2.45, 2.75) is 26.3 Å². The SMILES string of the molecule is CCNC(=NCc1ccc(OC)c(O)c1)NCC(C)c1ccsc1.I. The zero-order valence-electron chi connectivity index (χ0n) is 14.8. The van der Waals surface area contributed by atoms with Crippen molar-refractivity contribution < 1.29 is 9.84 Å². The van der Waals surface area contributed by atoms with Crippen LogP contribution < -0.4 is 15.4 Å². The predicted molar refractivity (Wildman–Crippen MR) is 116 cm³/mol. The molecule has 0 bridgehead atoms. The predicted octanol–water partition coefficient (Wildman–Crippen LogP) is 3.94. The summed E-state index contributed by atoms with van der Waals surface area (Å²) in [6.45, 7) is 6.33. The number of phenols is 1. The van der Waals surface area contributed by atoms with E-state index < -0.39 is 0 Å². The Morgan fingerprint density at radius 2 is 2.12 bits per heavy atom. The second kappa shape index (κ2) is 11.2. The number of hydrogen-bond acceptors (Lipinski definition) is 4. The fourth-order valence-electron chi connectivity index (χ4n) is 2.27. The first-order chi connectivity index (χ1) is 11.6. The molecule has 2 rings (SSSR count). The van der Waals surface area contributed by atoms with Crippen molar-refractivity contribution >= 4 is 41.3 Å². The summed E-state index contributed by atoms with van der Waals surface area (Å²) in [4.78, 5) is 4.58.